The fraction of sp³-hybridized carbons (Fsp3) is 0.0704. The molecule has 0 amide bonds. The van der Waals surface area contributed by atoms with E-state index in [2.05, 4.69) is 189 Å². The van der Waals surface area contributed by atoms with E-state index < -0.39 is 0 Å². The first-order valence-corrected chi connectivity index (χ1v) is 25.7. The van der Waals surface area contributed by atoms with Crippen molar-refractivity contribution < 1.29 is 29.9 Å². The number of pyridine rings is 1. The number of para-hydroxylation sites is 3. The van der Waals surface area contributed by atoms with Gasteiger partial charge in [-0.2, -0.15) is 12.1 Å². The molecule has 0 atom stereocenters. The van der Waals surface area contributed by atoms with E-state index in [1.165, 1.54) is 5.56 Å². The number of hydrogen-bond donors (Lipinski definition) is 0. The van der Waals surface area contributed by atoms with Crippen LogP contribution in [0.15, 0.2) is 243 Å². The number of rotatable bonds is 10. The maximum Gasteiger partial charge on any atom is 0.135 e. The van der Waals surface area contributed by atoms with Crippen molar-refractivity contribution in [3.8, 4) is 73.0 Å². The fourth-order valence-corrected chi connectivity index (χ4v) is 10.6. The van der Waals surface area contributed by atoms with E-state index in [4.69, 9.17) is 9.72 Å². The van der Waals surface area contributed by atoms with E-state index in [1.807, 2.05) is 96.6 Å². The summed E-state index contributed by atoms with van der Waals surface area (Å²) >= 11 is 0. The number of ether oxygens (including phenoxy) is 1. The summed E-state index contributed by atoms with van der Waals surface area (Å²) in [7, 11) is 0. The molecule has 0 saturated heterocycles. The molecule has 0 radical (unpaired) electrons. The molecule has 0 aliphatic carbocycles. The largest absolute Gasteiger partial charge is 0.509 e. The third kappa shape index (κ3) is 9.21. The maximum atomic E-state index is 9.56. The Bertz CT molecular complexity index is 4280. The van der Waals surface area contributed by atoms with Gasteiger partial charge in [-0.1, -0.05) is 225 Å². The molecule has 376 valence electrons. The summed E-state index contributed by atoms with van der Waals surface area (Å²) in [4.78, 5) is 9.21. The van der Waals surface area contributed by atoms with Crippen LogP contribution in [0.1, 0.15) is 36.0 Å². The quantitative estimate of drug-likeness (QED) is 0.128. The fourth-order valence-electron chi connectivity index (χ4n) is 10.6. The molecule has 5 nitrogen and oxygen atoms in total. The molecule has 2 aromatic heterocycles. The average Bonchev–Trinajstić information content (AvgIpc) is 4.21. The molecule has 1 aliphatic rings. The van der Waals surface area contributed by atoms with Crippen LogP contribution < -0.4 is 14.5 Å². The van der Waals surface area contributed by atoms with Gasteiger partial charge >= 0.3 is 0 Å². The maximum absolute atomic E-state index is 9.56. The first-order chi connectivity index (χ1) is 38.5. The van der Waals surface area contributed by atoms with Gasteiger partial charge in [0, 0.05) is 79.4 Å². The van der Waals surface area contributed by atoms with Crippen molar-refractivity contribution in [1.82, 2.24) is 9.55 Å². The van der Waals surface area contributed by atoms with E-state index in [0.717, 1.165) is 100 Å². The van der Waals surface area contributed by atoms with Crippen LogP contribution in [0.3, 0.4) is 0 Å². The molecule has 13 rings (SSSR count). The number of aryl methyl sites for hydroxylation is 1. The van der Waals surface area contributed by atoms with E-state index in [0.29, 0.717) is 11.6 Å². The molecule has 6 heteroatoms. The number of nitrogens with zero attached hydrogens (tertiary/aromatic N) is 4. The Labute approximate surface area is 469 Å². The van der Waals surface area contributed by atoms with Crippen LogP contribution in [0.25, 0.3) is 83.3 Å². The molecule has 1 aliphatic heterocycles. The molecule has 0 fully saturated rings. The van der Waals surface area contributed by atoms with E-state index >= 15 is 0 Å². The van der Waals surface area contributed by atoms with Crippen LogP contribution >= 0.6 is 0 Å². The van der Waals surface area contributed by atoms with Crippen LogP contribution in [-0.4, -0.2) is 9.55 Å². The van der Waals surface area contributed by atoms with Gasteiger partial charge < -0.3 is 19.1 Å². The molecule has 0 N–H and O–H groups in total. The summed E-state index contributed by atoms with van der Waals surface area (Å²) in [6.07, 6.45) is 1.94. The standard InChI is InChI=1S/C71H53N4O.Pt/c1-48-41-69(72-46-63(48)52-27-15-8-16-28-52)75-64-40-37-54(49-21-9-5-10-22-49)42-61(64)62-44-60(51-25-13-7-14-26-51)68(45-67(62)75)76-57-30-19-29-56(43-57)73-47-74(66-34-18-17-33-65(66)73)70-58(50-23-11-6-12-24-50)31-20-32-59(70)53-35-38-55(39-36-53)71(2,3)4;/h5-42,44,46-47H,1-4H3;/q-3;/i19D,29D,30D;. The molecule has 3 heterocycles. The average molecular weight is 1180 g/mol. The predicted octanol–water partition coefficient (Wildman–Crippen LogP) is 18.9. The van der Waals surface area contributed by atoms with Crippen molar-refractivity contribution in [1.29, 1.82) is 0 Å². The minimum absolute atomic E-state index is 0. The number of fused-ring (bicyclic) bond motifs is 4. The molecule has 0 unspecified atom stereocenters. The molecule has 0 spiro atoms. The van der Waals surface area contributed by atoms with Gasteiger partial charge in [0.2, 0.25) is 0 Å². The van der Waals surface area contributed by atoms with Crippen molar-refractivity contribution in [2.45, 2.75) is 33.1 Å². The summed E-state index contributed by atoms with van der Waals surface area (Å²) in [6.45, 7) is 10.8. The van der Waals surface area contributed by atoms with Crippen LogP contribution in [0.2, 0.25) is 0 Å². The first-order valence-electron chi connectivity index (χ1n) is 27.2. The van der Waals surface area contributed by atoms with Gasteiger partial charge in [0.05, 0.1) is 0 Å². The number of anilines is 4. The van der Waals surface area contributed by atoms with Gasteiger partial charge in [-0.3, -0.25) is 0 Å². The van der Waals surface area contributed by atoms with Gasteiger partial charge in [0.1, 0.15) is 5.82 Å². The molecule has 0 saturated carbocycles. The van der Waals surface area contributed by atoms with Crippen molar-refractivity contribution in [2.24, 2.45) is 0 Å². The Balaban J connectivity index is 0.00000637. The smallest absolute Gasteiger partial charge is 0.135 e. The summed E-state index contributed by atoms with van der Waals surface area (Å²) in [5.41, 5.74) is 16.9. The number of benzene rings is 10. The minimum Gasteiger partial charge on any atom is -0.509 e. The zero-order chi connectivity index (χ0) is 53.9. The van der Waals surface area contributed by atoms with E-state index in [1.54, 1.807) is 0 Å². The van der Waals surface area contributed by atoms with Gasteiger partial charge in [-0.25, -0.2) is 4.98 Å². The summed E-state index contributed by atoms with van der Waals surface area (Å²) in [6, 6.07) is 81.6. The van der Waals surface area contributed by atoms with Crippen molar-refractivity contribution in [3.05, 3.63) is 273 Å². The van der Waals surface area contributed by atoms with E-state index in [9.17, 15) is 4.11 Å². The van der Waals surface area contributed by atoms with Crippen LogP contribution in [-0.2, 0) is 26.5 Å². The predicted molar refractivity (Wildman–Crippen MR) is 315 cm³/mol. The molecule has 12 aromatic rings. The minimum atomic E-state index is -0.291. The SMILES string of the molecule is [2H]c1c(Oc2[c-]c3c(cc2-c2ccccc2)c2cc(-c4ccccc4)ccc2n3-c2cc(C)c(-c3ccccc3)cn2)[c-]c(N2[CH-]N(c3c(-c4ccccc4)cccc3-c3ccc(C(C)(C)C)cc3)c3ccccc32)c([2H])c1[2H].[Pt]. The molecule has 10 aromatic carbocycles. The second-order valence-electron chi connectivity index (χ2n) is 20.3. The van der Waals surface area contributed by atoms with Gasteiger partial charge in [-0.05, 0) is 83.7 Å². The number of hydrogen-bond acceptors (Lipinski definition) is 4. The Kier molecular flexibility index (Phi) is 12.1. The van der Waals surface area contributed by atoms with E-state index in [-0.39, 0.29) is 56.0 Å². The Morgan fingerprint density at radius 3 is 1.70 bits per heavy atom. The van der Waals surface area contributed by atoms with Gasteiger partial charge in [-0.15, -0.1) is 42.0 Å². The Morgan fingerprint density at radius 2 is 1.08 bits per heavy atom. The second-order valence-corrected chi connectivity index (χ2v) is 20.3. The Morgan fingerprint density at radius 1 is 0.519 bits per heavy atom. The monoisotopic (exact) mass is 1180 g/mol. The zero-order valence-corrected chi connectivity index (χ0v) is 45.2. The summed E-state index contributed by atoms with van der Waals surface area (Å²) < 4.78 is 37.6. The van der Waals surface area contributed by atoms with Crippen molar-refractivity contribution in [3.63, 3.8) is 0 Å². The third-order valence-corrected chi connectivity index (χ3v) is 14.5. The zero-order valence-electron chi connectivity index (χ0n) is 46.0. The van der Waals surface area contributed by atoms with Crippen LogP contribution in [0.4, 0.5) is 22.7 Å². The molecule has 77 heavy (non-hydrogen) atoms. The van der Waals surface area contributed by atoms with Crippen LogP contribution in [0, 0.1) is 25.7 Å². The second kappa shape index (κ2) is 20.4. The molecular formula is C71H53N4OPt-3. The van der Waals surface area contributed by atoms with Gasteiger partial charge in [0.25, 0.3) is 0 Å². The van der Waals surface area contributed by atoms with Crippen molar-refractivity contribution >= 4 is 44.6 Å². The molecular weight excluding hydrogens is 1120 g/mol. The molecule has 0 bridgehead atoms. The first kappa shape index (κ1) is 45.6. The topological polar surface area (TPSA) is 33.5 Å². The Hall–Kier alpha value is -8.76. The summed E-state index contributed by atoms with van der Waals surface area (Å²) in [5.74, 6) is 1.04. The summed E-state index contributed by atoms with van der Waals surface area (Å²) in [5, 5.41) is 1.95. The normalized spacial score (nSPS) is 12.8. The third-order valence-electron chi connectivity index (χ3n) is 14.5. The van der Waals surface area contributed by atoms with Crippen molar-refractivity contribution in [2.75, 3.05) is 9.80 Å². The van der Waals surface area contributed by atoms with Gasteiger partial charge in [0.15, 0.2) is 0 Å². The van der Waals surface area contributed by atoms with Crippen LogP contribution in [0.5, 0.6) is 11.5 Å². The number of aromatic nitrogens is 2.